The maximum Gasteiger partial charge on any atom is 0.243 e. The first-order chi connectivity index (χ1) is 14.7. The van der Waals surface area contributed by atoms with Crippen molar-refractivity contribution in [2.45, 2.75) is 50.9 Å². The monoisotopic (exact) mass is 425 g/mol. The van der Waals surface area contributed by atoms with E-state index in [1.54, 1.807) is 6.20 Å². The second-order valence-corrected chi connectivity index (χ2v) is 9.38. The minimum atomic E-state index is -0.383. The van der Waals surface area contributed by atoms with Crippen LogP contribution < -0.4 is 5.32 Å². The molecule has 0 radical (unpaired) electrons. The van der Waals surface area contributed by atoms with Gasteiger partial charge in [0.25, 0.3) is 0 Å². The van der Waals surface area contributed by atoms with Crippen LogP contribution in [0.1, 0.15) is 36.9 Å². The first-order valence-corrected chi connectivity index (χ1v) is 11.6. The van der Waals surface area contributed by atoms with E-state index in [-0.39, 0.29) is 29.8 Å². The van der Waals surface area contributed by atoms with Crippen LogP contribution in [0.3, 0.4) is 0 Å². The molecule has 4 atom stereocenters. The maximum atomic E-state index is 13.3. The van der Waals surface area contributed by atoms with Gasteiger partial charge >= 0.3 is 0 Å². The summed E-state index contributed by atoms with van der Waals surface area (Å²) in [6.07, 6.45) is 7.18. The Labute approximate surface area is 180 Å². The molecule has 30 heavy (non-hydrogen) atoms. The van der Waals surface area contributed by atoms with Crippen molar-refractivity contribution < 1.29 is 9.59 Å². The van der Waals surface area contributed by atoms with Crippen LogP contribution in [0.5, 0.6) is 0 Å². The first kappa shape index (κ1) is 19.6. The van der Waals surface area contributed by atoms with Crippen LogP contribution in [0.2, 0.25) is 0 Å². The van der Waals surface area contributed by atoms with Gasteiger partial charge in [0, 0.05) is 55.8 Å². The zero-order valence-corrected chi connectivity index (χ0v) is 17.8. The minimum absolute atomic E-state index is 0.0385. The molecule has 158 valence electrons. The highest BCUT2D eigenvalue weighted by Gasteiger charge is 2.51. The Hall–Kier alpha value is -2.32. The van der Waals surface area contributed by atoms with Gasteiger partial charge in [-0.15, -0.1) is 0 Å². The van der Waals surface area contributed by atoms with E-state index in [0.29, 0.717) is 18.9 Å². The van der Waals surface area contributed by atoms with Crippen LogP contribution in [0.4, 0.5) is 0 Å². The smallest absolute Gasteiger partial charge is 0.243 e. The van der Waals surface area contributed by atoms with Crippen molar-refractivity contribution in [1.29, 1.82) is 0 Å². The Kier molecular flexibility index (Phi) is 5.52. The van der Waals surface area contributed by atoms with Gasteiger partial charge in [0.1, 0.15) is 6.04 Å². The number of pyridine rings is 1. The molecule has 0 aromatic carbocycles. The van der Waals surface area contributed by atoms with Crippen molar-refractivity contribution in [2.24, 2.45) is 11.8 Å². The molecule has 0 saturated carbocycles. The van der Waals surface area contributed by atoms with Gasteiger partial charge in [-0.25, -0.2) is 4.37 Å². The summed E-state index contributed by atoms with van der Waals surface area (Å²) in [5.74, 6) is 0.717. The number of piperidine rings is 3. The fraction of sp³-hybridized carbons (Fsp3) is 0.545. The number of nitrogens with zero attached hydrogens (tertiary/aromatic N) is 4. The van der Waals surface area contributed by atoms with E-state index in [4.69, 9.17) is 0 Å². The molecule has 2 aromatic rings. The predicted molar refractivity (Wildman–Crippen MR) is 113 cm³/mol. The molecule has 3 aliphatic heterocycles. The molecular formula is C22H27N5O2S. The highest BCUT2D eigenvalue weighted by Crippen LogP contribution is 2.42. The normalized spacial score (nSPS) is 28.8. The molecular weight excluding hydrogens is 398 g/mol. The third-order valence-electron chi connectivity index (χ3n) is 6.75. The topological polar surface area (TPSA) is 78.4 Å². The standard InChI is InChI=1S/C22H27N5O2S/c28-20-6-3-5-19-16-8-17(13-26(12-16)11-15-9-25-30-14-15)21(27(19)20)22(29)24-10-18-4-1-2-7-23-18/h1-2,4,7,9,14,16-17,19,21H,3,5-6,8,10-13H2,(H,24,29)/t16-,17+,19-,21+/m0/s1. The predicted octanol–water partition coefficient (Wildman–Crippen LogP) is 2.06. The van der Waals surface area contributed by atoms with Crippen LogP contribution >= 0.6 is 11.5 Å². The zero-order valence-electron chi connectivity index (χ0n) is 16.9. The summed E-state index contributed by atoms with van der Waals surface area (Å²) < 4.78 is 4.22. The molecule has 2 amide bonds. The Balaban J connectivity index is 1.36. The molecule has 8 heteroatoms. The van der Waals surface area contributed by atoms with Crippen LogP contribution in [0, 0.1) is 11.8 Å². The summed E-state index contributed by atoms with van der Waals surface area (Å²) in [4.78, 5) is 34.9. The summed E-state index contributed by atoms with van der Waals surface area (Å²) in [7, 11) is 0. The van der Waals surface area contributed by atoms with Crippen molar-refractivity contribution in [3.63, 3.8) is 0 Å². The average molecular weight is 426 g/mol. The number of likely N-dealkylation sites (tertiary alicyclic amines) is 1. The molecule has 3 fully saturated rings. The van der Waals surface area contributed by atoms with Crippen LogP contribution in [0.15, 0.2) is 36.0 Å². The lowest BCUT2D eigenvalue weighted by Gasteiger charge is -2.55. The maximum absolute atomic E-state index is 13.3. The van der Waals surface area contributed by atoms with Gasteiger partial charge in [-0.1, -0.05) is 6.07 Å². The minimum Gasteiger partial charge on any atom is -0.349 e. The number of fused-ring (bicyclic) bond motifs is 4. The molecule has 1 N–H and O–H groups in total. The molecule has 7 nitrogen and oxygen atoms in total. The molecule has 0 unspecified atom stereocenters. The van der Waals surface area contributed by atoms with Gasteiger partial charge in [-0.2, -0.15) is 0 Å². The van der Waals surface area contributed by atoms with E-state index in [1.807, 2.05) is 29.3 Å². The van der Waals surface area contributed by atoms with Crippen molar-refractivity contribution in [1.82, 2.24) is 24.5 Å². The van der Waals surface area contributed by atoms with E-state index < -0.39 is 0 Å². The third kappa shape index (κ3) is 3.86. The molecule has 3 aliphatic rings. The van der Waals surface area contributed by atoms with Crippen molar-refractivity contribution in [3.05, 3.63) is 47.2 Å². The van der Waals surface area contributed by atoms with E-state index >= 15 is 0 Å². The summed E-state index contributed by atoms with van der Waals surface area (Å²) >= 11 is 1.48. The van der Waals surface area contributed by atoms with Gasteiger partial charge in [0.05, 0.1) is 12.2 Å². The van der Waals surface area contributed by atoms with Crippen LogP contribution in [0.25, 0.3) is 0 Å². The van der Waals surface area contributed by atoms with Crippen molar-refractivity contribution in [3.8, 4) is 0 Å². The van der Waals surface area contributed by atoms with Gasteiger partial charge < -0.3 is 10.2 Å². The number of hydrogen-bond acceptors (Lipinski definition) is 6. The highest BCUT2D eigenvalue weighted by atomic mass is 32.1. The molecule has 5 rings (SSSR count). The molecule has 2 aromatic heterocycles. The second kappa shape index (κ2) is 8.43. The Morgan fingerprint density at radius 3 is 2.97 bits per heavy atom. The summed E-state index contributed by atoms with van der Waals surface area (Å²) in [5.41, 5.74) is 2.06. The number of carbonyl (C=O) groups excluding carboxylic acids is 2. The van der Waals surface area contributed by atoms with E-state index in [1.165, 1.54) is 17.1 Å². The average Bonchev–Trinajstić information content (AvgIpc) is 3.27. The highest BCUT2D eigenvalue weighted by molar-refractivity contribution is 7.03. The zero-order chi connectivity index (χ0) is 20.5. The quantitative estimate of drug-likeness (QED) is 0.793. The number of rotatable bonds is 5. The fourth-order valence-electron chi connectivity index (χ4n) is 5.57. The van der Waals surface area contributed by atoms with E-state index in [9.17, 15) is 9.59 Å². The second-order valence-electron chi connectivity index (χ2n) is 8.73. The summed E-state index contributed by atoms with van der Waals surface area (Å²) in [6, 6.07) is 5.48. The largest absolute Gasteiger partial charge is 0.349 e. The van der Waals surface area contributed by atoms with Crippen molar-refractivity contribution in [2.75, 3.05) is 13.1 Å². The molecule has 5 heterocycles. The Morgan fingerprint density at radius 1 is 1.27 bits per heavy atom. The third-order valence-corrected chi connectivity index (χ3v) is 7.38. The van der Waals surface area contributed by atoms with Gasteiger partial charge in [0.15, 0.2) is 0 Å². The molecule has 3 saturated heterocycles. The molecule has 0 aliphatic carbocycles. The van der Waals surface area contributed by atoms with Crippen LogP contribution in [-0.2, 0) is 22.7 Å². The SMILES string of the molecule is O=C(NCc1ccccn1)[C@H]1[C@@H]2C[C@@H](CN(Cc3cnsc3)C2)[C@@H]2CCCC(=O)N21. The lowest BCUT2D eigenvalue weighted by Crippen LogP contribution is -2.68. The summed E-state index contributed by atoms with van der Waals surface area (Å²) in [5, 5.41) is 5.16. The molecule has 2 bridgehead atoms. The van der Waals surface area contributed by atoms with Crippen LogP contribution in [-0.4, -0.2) is 56.1 Å². The van der Waals surface area contributed by atoms with Gasteiger partial charge in [0.2, 0.25) is 11.8 Å². The number of aromatic nitrogens is 2. The number of carbonyl (C=O) groups is 2. The van der Waals surface area contributed by atoms with Gasteiger partial charge in [-0.05, 0) is 54.4 Å². The number of nitrogens with one attached hydrogen (secondary N) is 1. The lowest BCUT2D eigenvalue weighted by molar-refractivity contribution is -0.160. The number of hydrogen-bond donors (Lipinski definition) is 1. The first-order valence-electron chi connectivity index (χ1n) is 10.8. The lowest BCUT2D eigenvalue weighted by atomic mass is 9.71. The van der Waals surface area contributed by atoms with E-state index in [0.717, 1.165) is 44.6 Å². The van der Waals surface area contributed by atoms with E-state index in [2.05, 4.69) is 25.0 Å². The number of amides is 2. The Bertz CT molecular complexity index is 890. The fourth-order valence-corrected chi connectivity index (χ4v) is 6.10. The Morgan fingerprint density at radius 2 is 2.17 bits per heavy atom. The van der Waals surface area contributed by atoms with Gasteiger partial charge in [-0.3, -0.25) is 19.5 Å². The van der Waals surface area contributed by atoms with Crippen molar-refractivity contribution >= 4 is 23.3 Å². The summed E-state index contributed by atoms with van der Waals surface area (Å²) in [6.45, 7) is 3.09. The molecule has 0 spiro atoms.